The first kappa shape index (κ1) is 38.5. The number of rotatable bonds is 17. The lowest BCUT2D eigenvalue weighted by atomic mass is 9.80. The van der Waals surface area contributed by atoms with Crippen LogP contribution in [0, 0.1) is 11.3 Å². The van der Waals surface area contributed by atoms with Crippen LogP contribution in [0.15, 0.2) is 109 Å². The minimum atomic E-state index is -1.53. The van der Waals surface area contributed by atoms with Crippen molar-refractivity contribution in [1.29, 1.82) is 5.26 Å². The van der Waals surface area contributed by atoms with Gasteiger partial charge in [0.1, 0.15) is 29.3 Å². The molecule has 0 spiro atoms. The highest BCUT2D eigenvalue weighted by molar-refractivity contribution is 7.44. The maximum Gasteiger partial charge on any atom is 0.259 e. The van der Waals surface area contributed by atoms with Crippen molar-refractivity contribution in [2.75, 3.05) is 27.4 Å². The molecule has 0 saturated carbocycles. The van der Waals surface area contributed by atoms with Crippen LogP contribution in [0.2, 0.25) is 0 Å². The van der Waals surface area contributed by atoms with Crippen LogP contribution in [0.1, 0.15) is 69.0 Å². The third kappa shape index (κ3) is 8.60. The van der Waals surface area contributed by atoms with Crippen molar-refractivity contribution in [1.82, 2.24) is 9.65 Å². The molecule has 2 heterocycles. The molecule has 1 aromatic heterocycles. The summed E-state index contributed by atoms with van der Waals surface area (Å²) in [4.78, 5) is 3.59. The lowest BCUT2D eigenvalue weighted by Crippen LogP contribution is -2.39. The summed E-state index contributed by atoms with van der Waals surface area (Å²) >= 11 is 0. The van der Waals surface area contributed by atoms with E-state index in [0.29, 0.717) is 6.42 Å². The third-order valence-electron chi connectivity index (χ3n) is 9.62. The van der Waals surface area contributed by atoms with Gasteiger partial charge in [-0.25, -0.2) is 4.67 Å². The van der Waals surface area contributed by atoms with Gasteiger partial charge in [-0.05, 0) is 86.2 Å². The highest BCUT2D eigenvalue weighted by atomic mass is 31.2. The van der Waals surface area contributed by atoms with E-state index in [4.69, 9.17) is 28.0 Å². The van der Waals surface area contributed by atoms with Gasteiger partial charge >= 0.3 is 0 Å². The Labute approximate surface area is 314 Å². The second kappa shape index (κ2) is 17.7. The Balaban J connectivity index is 1.41. The van der Waals surface area contributed by atoms with Crippen molar-refractivity contribution >= 4 is 19.4 Å². The quantitative estimate of drug-likeness (QED) is 0.0573. The monoisotopic (exact) mass is 735 g/mol. The van der Waals surface area contributed by atoms with E-state index in [1.807, 2.05) is 54.6 Å². The summed E-state index contributed by atoms with van der Waals surface area (Å²) in [6, 6.07) is 39.2. The smallest absolute Gasteiger partial charge is 0.259 e. The highest BCUT2D eigenvalue weighted by Gasteiger charge is 2.45. The van der Waals surface area contributed by atoms with Gasteiger partial charge < -0.3 is 33.0 Å². The van der Waals surface area contributed by atoms with E-state index in [1.54, 1.807) is 14.2 Å². The molecule has 4 aromatic carbocycles. The first-order chi connectivity index (χ1) is 25.8. The highest BCUT2D eigenvalue weighted by Crippen LogP contribution is 2.51. The lowest BCUT2D eigenvalue weighted by molar-refractivity contribution is -0.0810. The molecule has 278 valence electrons. The summed E-state index contributed by atoms with van der Waals surface area (Å²) in [5, 5.41) is 10.5. The molecule has 0 bridgehead atoms. The largest absolute Gasteiger partial charge is 0.497 e. The molecule has 0 aliphatic carbocycles. The average Bonchev–Trinajstić information content (AvgIpc) is 3.80. The molecule has 1 aliphatic heterocycles. The van der Waals surface area contributed by atoms with Gasteiger partial charge in [0.25, 0.3) is 8.53 Å². The van der Waals surface area contributed by atoms with Crippen molar-refractivity contribution in [3.05, 3.63) is 132 Å². The molecule has 6 rings (SSSR count). The first-order valence-electron chi connectivity index (χ1n) is 18.2. The van der Waals surface area contributed by atoms with Gasteiger partial charge in [0.15, 0.2) is 0 Å². The molecule has 0 amide bonds. The molecule has 4 atom stereocenters. The van der Waals surface area contributed by atoms with E-state index in [2.05, 4.69) is 98.0 Å². The number of methoxy groups -OCH3 is 2. The van der Waals surface area contributed by atoms with Crippen molar-refractivity contribution in [3.63, 3.8) is 0 Å². The van der Waals surface area contributed by atoms with Crippen LogP contribution in [-0.4, -0.2) is 61.4 Å². The number of hydrogen-bond acceptors (Lipinski definition) is 8. The normalized spacial score (nSPS) is 18.2. The second-order valence-corrected chi connectivity index (χ2v) is 15.1. The molecule has 5 aromatic rings. The fraction of sp³-hybridized carbons (Fsp3) is 0.372. The first-order valence-corrected chi connectivity index (χ1v) is 19.4. The van der Waals surface area contributed by atoms with Crippen LogP contribution in [0.3, 0.4) is 0 Å². The van der Waals surface area contributed by atoms with Crippen molar-refractivity contribution in [3.8, 4) is 17.6 Å². The predicted octanol–water partition coefficient (Wildman–Crippen LogP) is 9.68. The zero-order valence-corrected chi connectivity index (χ0v) is 32.3. The van der Waals surface area contributed by atoms with Gasteiger partial charge in [0.2, 0.25) is 0 Å². The number of fused-ring (bicyclic) bond motifs is 1. The summed E-state index contributed by atoms with van der Waals surface area (Å²) in [6.07, 6.45) is -0.233. The van der Waals surface area contributed by atoms with E-state index in [0.717, 1.165) is 44.8 Å². The number of nitriles is 1. The molecule has 10 heteroatoms. The number of para-hydroxylation sites is 1. The van der Waals surface area contributed by atoms with Crippen molar-refractivity contribution < 1.29 is 28.0 Å². The molecule has 1 N–H and O–H groups in total. The van der Waals surface area contributed by atoms with E-state index < -0.39 is 20.2 Å². The van der Waals surface area contributed by atoms with Gasteiger partial charge in [-0.15, -0.1) is 0 Å². The van der Waals surface area contributed by atoms with E-state index >= 15 is 0 Å². The Morgan fingerprint density at radius 3 is 1.98 bits per heavy atom. The topological polar surface area (TPSA) is 98.2 Å². The molecule has 1 unspecified atom stereocenters. The van der Waals surface area contributed by atoms with Gasteiger partial charge in [-0.3, -0.25) is 0 Å². The van der Waals surface area contributed by atoms with Crippen molar-refractivity contribution in [2.24, 2.45) is 0 Å². The number of ether oxygens (including phenoxy) is 4. The Morgan fingerprint density at radius 2 is 1.42 bits per heavy atom. The molecule has 1 saturated heterocycles. The summed E-state index contributed by atoms with van der Waals surface area (Å²) in [7, 11) is 1.80. The average molecular weight is 736 g/mol. The third-order valence-corrected chi connectivity index (χ3v) is 11.8. The standard InChI is InChI=1S/C43H50N3O6P/c1-30(2)46(31(3)4)53(50-26-12-25-44)52-41-28-40(39-27-32-13-10-11-16-38(32)45-39)51-42(41)29-49-43(33-14-8-7-9-15-33,34-17-21-36(47-5)22-18-34)35-19-23-37(48-6)24-20-35/h7-11,13-24,27,30-31,40-42,45H,12,26,28-29H2,1-6H3/t40-,41+,42-,53?/m1/s1. The lowest BCUT2D eigenvalue weighted by Gasteiger charge is -2.39. The van der Waals surface area contributed by atoms with Crippen molar-refractivity contribution in [2.45, 2.75) is 76.5 Å². The molecule has 9 nitrogen and oxygen atoms in total. The molecule has 53 heavy (non-hydrogen) atoms. The number of H-pyrrole nitrogens is 1. The van der Waals surface area contributed by atoms with E-state index in [-0.39, 0.29) is 43.9 Å². The molecular formula is C43H50N3O6P. The SMILES string of the molecule is COc1ccc(C(OC[C@H]2O[C@@H](c3cc4ccccc4[nH]3)C[C@@H]2OP(OCCC#N)N(C(C)C)C(C)C)(c2ccccc2)c2ccc(OC)cc2)cc1. The maximum absolute atomic E-state index is 9.34. The number of nitrogens with zero attached hydrogens (tertiary/aromatic N) is 2. The van der Waals surface area contributed by atoms with Crippen LogP contribution in [-0.2, 0) is 24.1 Å². The molecular weight excluding hydrogens is 685 g/mol. The minimum Gasteiger partial charge on any atom is -0.497 e. The molecule has 1 fully saturated rings. The Morgan fingerprint density at radius 1 is 0.830 bits per heavy atom. The van der Waals surface area contributed by atoms with Gasteiger partial charge in [-0.1, -0.05) is 72.8 Å². The second-order valence-electron chi connectivity index (χ2n) is 13.7. The Kier molecular flexibility index (Phi) is 12.9. The zero-order chi connectivity index (χ0) is 37.4. The number of aromatic nitrogens is 1. The summed E-state index contributed by atoms with van der Waals surface area (Å²) in [6.45, 7) is 9.06. The van der Waals surface area contributed by atoms with Crippen LogP contribution < -0.4 is 9.47 Å². The summed E-state index contributed by atoms with van der Waals surface area (Å²) < 4.78 is 41.1. The number of aromatic amines is 1. The number of hydrogen-bond donors (Lipinski definition) is 1. The summed E-state index contributed by atoms with van der Waals surface area (Å²) in [5.74, 6) is 1.51. The molecule has 0 radical (unpaired) electrons. The number of nitrogens with one attached hydrogen (secondary N) is 1. The number of benzene rings is 4. The summed E-state index contributed by atoms with van der Waals surface area (Å²) in [5.41, 5.74) is 3.85. The molecule has 1 aliphatic rings. The minimum absolute atomic E-state index is 0.153. The maximum atomic E-state index is 9.34. The van der Waals surface area contributed by atoms with Crippen LogP contribution in [0.25, 0.3) is 10.9 Å². The van der Waals surface area contributed by atoms with E-state index in [9.17, 15) is 5.26 Å². The van der Waals surface area contributed by atoms with Crippen LogP contribution >= 0.6 is 8.53 Å². The van der Waals surface area contributed by atoms with Crippen LogP contribution in [0.5, 0.6) is 11.5 Å². The Hall–Kier alpha value is -4.26. The van der Waals surface area contributed by atoms with Gasteiger partial charge in [0.05, 0.1) is 46.0 Å². The fourth-order valence-electron chi connectivity index (χ4n) is 7.14. The van der Waals surface area contributed by atoms with Gasteiger partial charge in [0, 0.05) is 29.7 Å². The van der Waals surface area contributed by atoms with E-state index in [1.165, 1.54) is 0 Å². The predicted molar refractivity (Wildman–Crippen MR) is 209 cm³/mol. The van der Waals surface area contributed by atoms with Gasteiger partial charge in [-0.2, -0.15) is 5.26 Å². The Bertz CT molecular complexity index is 1840. The zero-order valence-electron chi connectivity index (χ0n) is 31.4. The van der Waals surface area contributed by atoms with Crippen LogP contribution in [0.4, 0.5) is 0 Å². The fourth-order valence-corrected chi connectivity index (χ4v) is 8.89.